The second-order valence-corrected chi connectivity index (χ2v) is 5.22. The van der Waals surface area contributed by atoms with E-state index in [1.807, 2.05) is 12.1 Å². The minimum Gasteiger partial charge on any atom is -0.496 e. The summed E-state index contributed by atoms with van der Waals surface area (Å²) in [5.41, 5.74) is 0.254. The molecule has 4 nitrogen and oxygen atoms in total. The normalized spacial score (nSPS) is 12.2. The quantitative estimate of drug-likeness (QED) is 0.688. The van der Waals surface area contributed by atoms with Crippen LogP contribution in [0.25, 0.3) is 11.0 Å². The van der Waals surface area contributed by atoms with E-state index in [0.29, 0.717) is 17.8 Å². The lowest BCUT2D eigenvalue weighted by molar-refractivity contribution is 0.133. The summed E-state index contributed by atoms with van der Waals surface area (Å²) >= 11 is 0. The molecule has 0 fully saturated rings. The Morgan fingerprint density at radius 2 is 2.10 bits per heavy atom. The van der Waals surface area contributed by atoms with Crippen LogP contribution in [0, 0.1) is 0 Å². The van der Waals surface area contributed by atoms with Gasteiger partial charge in [-0.1, -0.05) is 12.2 Å². The number of hydrogen-bond donors (Lipinski definition) is 1. The monoisotopic (exact) mass is 274 g/mol. The Balaban J connectivity index is 2.39. The first-order chi connectivity index (χ1) is 9.39. The number of aliphatic hydroxyl groups is 1. The molecule has 0 unspecified atom stereocenters. The van der Waals surface area contributed by atoms with Gasteiger partial charge >= 0.3 is 5.63 Å². The van der Waals surface area contributed by atoms with Crippen molar-refractivity contribution in [3.05, 3.63) is 52.4 Å². The van der Waals surface area contributed by atoms with Crippen LogP contribution in [0.1, 0.15) is 19.4 Å². The van der Waals surface area contributed by atoms with Crippen molar-refractivity contribution in [3.8, 4) is 5.75 Å². The number of methoxy groups -OCH3 is 1. The van der Waals surface area contributed by atoms with E-state index in [-0.39, 0.29) is 5.63 Å². The Morgan fingerprint density at radius 3 is 2.75 bits per heavy atom. The highest BCUT2D eigenvalue weighted by molar-refractivity contribution is 5.79. The highest BCUT2D eigenvalue weighted by Crippen LogP contribution is 2.26. The summed E-state index contributed by atoms with van der Waals surface area (Å²) in [5, 5.41) is 10.5. The van der Waals surface area contributed by atoms with Crippen LogP contribution in [0.4, 0.5) is 0 Å². The lowest BCUT2D eigenvalue weighted by atomic mass is 10.0. The van der Waals surface area contributed by atoms with Gasteiger partial charge in [-0.3, -0.25) is 0 Å². The number of hydrogen-bond acceptors (Lipinski definition) is 4. The second kappa shape index (κ2) is 5.51. The van der Waals surface area contributed by atoms with E-state index in [2.05, 4.69) is 0 Å². The molecule has 0 aliphatic rings. The molecule has 0 atom stereocenters. The zero-order valence-corrected chi connectivity index (χ0v) is 11.8. The van der Waals surface area contributed by atoms with Gasteiger partial charge in [-0.05, 0) is 38.0 Å². The Hall–Kier alpha value is -2.07. The largest absolute Gasteiger partial charge is 0.496 e. The van der Waals surface area contributed by atoms with Gasteiger partial charge in [0.05, 0.1) is 12.7 Å². The average molecular weight is 274 g/mol. The van der Waals surface area contributed by atoms with Gasteiger partial charge < -0.3 is 14.3 Å². The van der Waals surface area contributed by atoms with Crippen molar-refractivity contribution in [2.45, 2.75) is 25.9 Å². The Kier molecular flexibility index (Phi) is 3.95. The molecule has 0 radical (unpaired) electrons. The smallest absolute Gasteiger partial charge is 0.336 e. The van der Waals surface area contributed by atoms with Crippen LogP contribution in [-0.2, 0) is 6.42 Å². The molecule has 0 spiro atoms. The lowest BCUT2D eigenvalue weighted by Gasteiger charge is -2.11. The van der Waals surface area contributed by atoms with Crippen molar-refractivity contribution in [3.63, 3.8) is 0 Å². The molecule has 2 aromatic rings. The van der Waals surface area contributed by atoms with Gasteiger partial charge in [0, 0.05) is 17.5 Å². The second-order valence-electron chi connectivity index (χ2n) is 5.22. The minimum absolute atomic E-state index is 0.380. The summed E-state index contributed by atoms with van der Waals surface area (Å²) in [7, 11) is 1.57. The summed E-state index contributed by atoms with van der Waals surface area (Å²) in [6, 6.07) is 6.75. The SMILES string of the molecule is COc1cc2oc(=O)ccc2cc1CC=CC(C)(C)O. The fourth-order valence-corrected chi connectivity index (χ4v) is 1.97. The number of allylic oxidation sites excluding steroid dienone is 1. The van der Waals surface area contributed by atoms with Crippen LogP contribution < -0.4 is 10.4 Å². The molecule has 0 aliphatic heterocycles. The van der Waals surface area contributed by atoms with Crippen LogP contribution in [-0.4, -0.2) is 17.8 Å². The molecule has 106 valence electrons. The van der Waals surface area contributed by atoms with Gasteiger partial charge in [-0.25, -0.2) is 4.79 Å². The van der Waals surface area contributed by atoms with Crippen molar-refractivity contribution in [1.82, 2.24) is 0 Å². The van der Waals surface area contributed by atoms with Crippen LogP contribution in [0.2, 0.25) is 0 Å². The van der Waals surface area contributed by atoms with E-state index in [1.165, 1.54) is 6.07 Å². The van der Waals surface area contributed by atoms with Crippen LogP contribution in [0.5, 0.6) is 5.75 Å². The molecule has 20 heavy (non-hydrogen) atoms. The number of ether oxygens (including phenoxy) is 1. The van der Waals surface area contributed by atoms with Crippen LogP contribution in [0.15, 0.2) is 45.6 Å². The van der Waals surface area contributed by atoms with E-state index in [9.17, 15) is 9.90 Å². The maximum atomic E-state index is 11.2. The summed E-state index contributed by atoms with van der Waals surface area (Å²) < 4.78 is 10.4. The molecular weight excluding hydrogens is 256 g/mol. The van der Waals surface area contributed by atoms with Crippen LogP contribution in [0.3, 0.4) is 0 Å². The third-order valence-electron chi connectivity index (χ3n) is 2.89. The molecule has 1 aromatic carbocycles. The molecule has 1 heterocycles. The number of benzene rings is 1. The Labute approximate surface area is 117 Å². The molecule has 0 bridgehead atoms. The molecule has 4 heteroatoms. The molecule has 0 aliphatic carbocycles. The van der Waals surface area contributed by atoms with E-state index < -0.39 is 5.60 Å². The third kappa shape index (κ3) is 3.48. The van der Waals surface area contributed by atoms with E-state index >= 15 is 0 Å². The highest BCUT2D eigenvalue weighted by atomic mass is 16.5. The van der Waals surface area contributed by atoms with Gasteiger partial charge in [-0.15, -0.1) is 0 Å². The molecule has 0 saturated heterocycles. The highest BCUT2D eigenvalue weighted by Gasteiger charge is 2.08. The minimum atomic E-state index is -0.836. The first-order valence-corrected chi connectivity index (χ1v) is 6.40. The first kappa shape index (κ1) is 14.3. The Morgan fingerprint density at radius 1 is 1.35 bits per heavy atom. The maximum Gasteiger partial charge on any atom is 0.336 e. The van der Waals surface area contributed by atoms with E-state index in [1.54, 1.807) is 39.2 Å². The van der Waals surface area contributed by atoms with E-state index in [0.717, 1.165) is 10.9 Å². The maximum absolute atomic E-state index is 11.2. The van der Waals surface area contributed by atoms with Crippen molar-refractivity contribution >= 4 is 11.0 Å². The van der Waals surface area contributed by atoms with Gasteiger partial charge in [0.15, 0.2) is 0 Å². The summed E-state index contributed by atoms with van der Waals surface area (Å²) in [5.74, 6) is 0.659. The van der Waals surface area contributed by atoms with Gasteiger partial charge in [0.25, 0.3) is 0 Å². The third-order valence-corrected chi connectivity index (χ3v) is 2.89. The predicted octanol–water partition coefficient (Wildman–Crippen LogP) is 2.67. The fourth-order valence-electron chi connectivity index (χ4n) is 1.97. The van der Waals surface area contributed by atoms with Gasteiger partial charge in [-0.2, -0.15) is 0 Å². The van der Waals surface area contributed by atoms with Crippen LogP contribution >= 0.6 is 0 Å². The molecular formula is C16H18O4. The molecule has 1 N–H and O–H groups in total. The van der Waals surface area contributed by atoms with Crippen molar-refractivity contribution < 1.29 is 14.3 Å². The van der Waals surface area contributed by atoms with Crippen molar-refractivity contribution in [2.75, 3.05) is 7.11 Å². The predicted molar refractivity (Wildman–Crippen MR) is 78.2 cm³/mol. The fraction of sp³-hybridized carbons (Fsp3) is 0.312. The standard InChI is InChI=1S/C16H18O4/c1-16(2,18)8-4-5-11-9-12-6-7-15(17)20-14(12)10-13(11)19-3/h4,6-10,18H,5H2,1-3H3. The van der Waals surface area contributed by atoms with Gasteiger partial charge in [0.2, 0.25) is 0 Å². The Bertz CT molecular complexity index is 690. The molecule has 1 aromatic heterocycles. The van der Waals surface area contributed by atoms with Gasteiger partial charge in [0.1, 0.15) is 11.3 Å². The molecule has 0 saturated carbocycles. The summed E-state index contributed by atoms with van der Waals surface area (Å²) in [6.07, 6.45) is 4.26. The first-order valence-electron chi connectivity index (χ1n) is 6.40. The van der Waals surface area contributed by atoms with E-state index in [4.69, 9.17) is 9.15 Å². The zero-order valence-electron chi connectivity index (χ0n) is 11.8. The van der Waals surface area contributed by atoms with Crippen molar-refractivity contribution in [2.24, 2.45) is 0 Å². The average Bonchev–Trinajstić information content (AvgIpc) is 2.36. The zero-order chi connectivity index (χ0) is 14.8. The topological polar surface area (TPSA) is 59.7 Å². The lowest BCUT2D eigenvalue weighted by Crippen LogP contribution is -2.13. The summed E-state index contributed by atoms with van der Waals surface area (Å²) in [4.78, 5) is 11.2. The molecule has 2 rings (SSSR count). The number of fused-ring (bicyclic) bond motifs is 1. The summed E-state index contributed by atoms with van der Waals surface area (Å²) in [6.45, 7) is 3.44. The van der Waals surface area contributed by atoms with Crippen molar-refractivity contribution in [1.29, 1.82) is 0 Å². The number of rotatable bonds is 4. The molecule has 0 amide bonds.